The Morgan fingerprint density at radius 2 is 1.77 bits per heavy atom. The van der Waals surface area contributed by atoms with E-state index in [1.807, 2.05) is 24.3 Å². The van der Waals surface area contributed by atoms with Crippen molar-refractivity contribution >= 4 is 11.6 Å². The highest BCUT2D eigenvalue weighted by Gasteiger charge is 2.13. The van der Waals surface area contributed by atoms with Gasteiger partial charge in [-0.1, -0.05) is 29.4 Å². The topological polar surface area (TPSA) is 86.4 Å². The van der Waals surface area contributed by atoms with E-state index in [-0.39, 0.29) is 5.71 Å². The number of oxime groups is 1. The summed E-state index contributed by atoms with van der Waals surface area (Å²) in [5, 5.41) is 3.54. The highest BCUT2D eigenvalue weighted by atomic mass is 16.6. The molecule has 166 valence electrons. The summed E-state index contributed by atoms with van der Waals surface area (Å²) in [5.74, 6) is 1.79. The van der Waals surface area contributed by atoms with Crippen LogP contribution in [-0.2, 0) is 11.2 Å². The Kier molecular flexibility index (Phi) is 8.72. The fourth-order valence-corrected chi connectivity index (χ4v) is 3.40. The third kappa shape index (κ3) is 7.61. The van der Waals surface area contributed by atoms with Gasteiger partial charge in [-0.05, 0) is 82.1 Å². The van der Waals surface area contributed by atoms with Crippen LogP contribution >= 0.6 is 0 Å². The van der Waals surface area contributed by atoms with Crippen molar-refractivity contribution in [3.05, 3.63) is 54.1 Å². The summed E-state index contributed by atoms with van der Waals surface area (Å²) in [6.07, 6.45) is 5.13. The summed E-state index contributed by atoms with van der Waals surface area (Å²) in [4.78, 5) is 18.0. The summed E-state index contributed by atoms with van der Waals surface area (Å²) >= 11 is 0. The van der Waals surface area contributed by atoms with Crippen LogP contribution in [0.2, 0.25) is 0 Å². The minimum Gasteiger partial charge on any atom is -0.486 e. The van der Waals surface area contributed by atoms with Crippen LogP contribution < -0.4 is 20.0 Å². The van der Waals surface area contributed by atoms with E-state index >= 15 is 0 Å². The van der Waals surface area contributed by atoms with Crippen molar-refractivity contribution in [1.82, 2.24) is 4.90 Å². The monoisotopic (exact) mass is 425 g/mol. The predicted octanol–water partition coefficient (Wildman–Crippen LogP) is 3.41. The zero-order valence-electron chi connectivity index (χ0n) is 18.1. The molecule has 2 N–H and O–H groups in total. The number of benzene rings is 2. The molecule has 2 aliphatic heterocycles. The molecule has 0 aromatic heterocycles. The van der Waals surface area contributed by atoms with E-state index in [4.69, 9.17) is 20.0 Å². The van der Waals surface area contributed by atoms with Crippen molar-refractivity contribution in [3.8, 4) is 17.2 Å². The number of likely N-dealkylation sites (tertiary alicyclic amines) is 1. The van der Waals surface area contributed by atoms with E-state index in [1.165, 1.54) is 51.4 Å². The molecule has 1 saturated heterocycles. The molecule has 31 heavy (non-hydrogen) atoms. The van der Waals surface area contributed by atoms with Crippen molar-refractivity contribution in [3.63, 3.8) is 0 Å². The number of hydrogen-bond donors (Lipinski definition) is 1. The average molecular weight is 426 g/mol. The Balaban J connectivity index is 0.000000187. The summed E-state index contributed by atoms with van der Waals surface area (Å²) in [7, 11) is 0. The van der Waals surface area contributed by atoms with Gasteiger partial charge in [0.1, 0.15) is 18.9 Å². The molecule has 4 rings (SSSR count). The minimum absolute atomic E-state index is 0.142. The van der Waals surface area contributed by atoms with Crippen molar-refractivity contribution < 1.29 is 19.1 Å². The summed E-state index contributed by atoms with van der Waals surface area (Å²) in [6.45, 7) is 6.65. The highest BCUT2D eigenvalue weighted by Crippen LogP contribution is 2.31. The number of nitrogens with two attached hydrogens (primary N) is 1. The first kappa shape index (κ1) is 22.6. The largest absolute Gasteiger partial charge is 0.486 e. The molecule has 0 radical (unpaired) electrons. The lowest BCUT2D eigenvalue weighted by Gasteiger charge is -2.19. The maximum Gasteiger partial charge on any atom is 0.266 e. The van der Waals surface area contributed by atoms with Gasteiger partial charge in [0.15, 0.2) is 17.2 Å². The van der Waals surface area contributed by atoms with Gasteiger partial charge in [0.05, 0.1) is 0 Å². The summed E-state index contributed by atoms with van der Waals surface area (Å²) in [5.41, 5.74) is 6.45. The number of fused-ring (bicyclic) bond motifs is 1. The highest BCUT2D eigenvalue weighted by molar-refractivity contribution is 6.37. The van der Waals surface area contributed by atoms with Crippen LogP contribution in [0.3, 0.4) is 0 Å². The maximum atomic E-state index is 10.5. The molecule has 0 saturated carbocycles. The van der Waals surface area contributed by atoms with E-state index < -0.39 is 5.91 Å². The Labute approximate surface area is 183 Å². The molecule has 0 bridgehead atoms. The van der Waals surface area contributed by atoms with Crippen LogP contribution in [0.4, 0.5) is 0 Å². The molecular weight excluding hydrogens is 394 g/mol. The molecule has 0 unspecified atom stereocenters. The molecule has 2 aromatic carbocycles. The molecule has 1 amide bonds. The maximum absolute atomic E-state index is 10.5. The summed E-state index contributed by atoms with van der Waals surface area (Å²) in [6, 6.07) is 15.3. The first-order valence-corrected chi connectivity index (χ1v) is 10.8. The van der Waals surface area contributed by atoms with Crippen LogP contribution in [0.1, 0.15) is 31.7 Å². The number of carbonyl (C=O) groups is 1. The lowest BCUT2D eigenvalue weighted by atomic mass is 10.1. The van der Waals surface area contributed by atoms with E-state index in [9.17, 15) is 4.79 Å². The van der Waals surface area contributed by atoms with Crippen LogP contribution in [0.5, 0.6) is 17.2 Å². The van der Waals surface area contributed by atoms with Crippen molar-refractivity contribution in [2.45, 2.75) is 32.6 Å². The smallest absolute Gasteiger partial charge is 0.266 e. The van der Waals surface area contributed by atoms with Gasteiger partial charge in [0.25, 0.3) is 5.91 Å². The van der Waals surface area contributed by atoms with Gasteiger partial charge >= 0.3 is 0 Å². The molecular formula is C24H31N3O4. The quantitative estimate of drug-likeness (QED) is 0.543. The SMILES string of the molecule is C/C(=N\Oc1ccccc1)C(N)=O.c1cc2c(cc1CCCN1CCCC1)OCCO2. The normalized spacial score (nSPS) is 15.7. The Hall–Kier alpha value is -3.06. The van der Waals surface area contributed by atoms with E-state index in [1.54, 1.807) is 12.1 Å². The molecule has 0 aliphatic carbocycles. The second-order valence-electron chi connectivity index (χ2n) is 7.58. The van der Waals surface area contributed by atoms with Gasteiger partial charge < -0.3 is 24.9 Å². The molecule has 1 fully saturated rings. The summed E-state index contributed by atoms with van der Waals surface area (Å²) < 4.78 is 11.1. The van der Waals surface area contributed by atoms with Crippen LogP contribution in [0, 0.1) is 0 Å². The van der Waals surface area contributed by atoms with Crippen molar-refractivity contribution in [2.75, 3.05) is 32.8 Å². The number of rotatable bonds is 7. The van der Waals surface area contributed by atoms with Gasteiger partial charge in [0.2, 0.25) is 0 Å². The number of para-hydroxylation sites is 1. The lowest BCUT2D eigenvalue weighted by molar-refractivity contribution is -0.112. The van der Waals surface area contributed by atoms with Crippen molar-refractivity contribution in [2.24, 2.45) is 10.9 Å². The van der Waals surface area contributed by atoms with Gasteiger partial charge in [-0.25, -0.2) is 0 Å². The third-order valence-electron chi connectivity index (χ3n) is 5.13. The molecule has 7 nitrogen and oxygen atoms in total. The van der Waals surface area contributed by atoms with E-state index in [0.717, 1.165) is 17.9 Å². The first-order valence-electron chi connectivity index (χ1n) is 10.8. The molecule has 7 heteroatoms. The molecule has 2 heterocycles. The third-order valence-corrected chi connectivity index (χ3v) is 5.13. The molecule has 0 atom stereocenters. The predicted molar refractivity (Wildman–Crippen MR) is 121 cm³/mol. The Morgan fingerprint density at radius 1 is 1.06 bits per heavy atom. The second-order valence-corrected chi connectivity index (χ2v) is 7.58. The second kappa shape index (κ2) is 12.0. The average Bonchev–Trinajstić information content (AvgIpc) is 3.32. The zero-order valence-corrected chi connectivity index (χ0v) is 18.1. The van der Waals surface area contributed by atoms with Gasteiger partial charge in [-0.3, -0.25) is 4.79 Å². The number of primary amides is 1. The van der Waals surface area contributed by atoms with Crippen molar-refractivity contribution in [1.29, 1.82) is 0 Å². The lowest BCUT2D eigenvalue weighted by Crippen LogP contribution is -2.20. The molecule has 2 aromatic rings. The number of aryl methyl sites for hydroxylation is 1. The fraction of sp³-hybridized carbons (Fsp3) is 0.417. The van der Waals surface area contributed by atoms with Crippen LogP contribution in [0.25, 0.3) is 0 Å². The van der Waals surface area contributed by atoms with Crippen LogP contribution in [0.15, 0.2) is 53.7 Å². The van der Waals surface area contributed by atoms with Gasteiger partial charge in [-0.15, -0.1) is 0 Å². The minimum atomic E-state index is -0.587. The number of carbonyl (C=O) groups excluding carboxylic acids is 1. The number of ether oxygens (including phenoxy) is 2. The van der Waals surface area contributed by atoms with Gasteiger partial charge in [-0.2, -0.15) is 0 Å². The van der Waals surface area contributed by atoms with Gasteiger partial charge in [0, 0.05) is 0 Å². The van der Waals surface area contributed by atoms with Crippen LogP contribution in [-0.4, -0.2) is 49.4 Å². The fourth-order valence-electron chi connectivity index (χ4n) is 3.40. The molecule has 2 aliphatic rings. The number of hydrogen-bond acceptors (Lipinski definition) is 6. The number of amides is 1. The first-order chi connectivity index (χ1) is 15.1. The molecule has 0 spiro atoms. The van der Waals surface area contributed by atoms with E-state index in [2.05, 4.69) is 22.2 Å². The van der Waals surface area contributed by atoms with E-state index in [0.29, 0.717) is 19.0 Å². The number of nitrogens with zero attached hydrogens (tertiary/aromatic N) is 2. The Morgan fingerprint density at radius 3 is 2.48 bits per heavy atom. The zero-order chi connectivity index (χ0) is 21.9. The Bertz CT molecular complexity index is 864. The standard InChI is InChI=1S/C15H21NO2.C9H10N2O2/c1-2-8-16(7-1)9-3-4-13-5-6-14-15(12-13)18-11-10-17-14;1-7(9(10)12)11-13-8-5-3-2-4-6-8/h5-6,12H,1-4,7-11H2;2-6H,1H3,(H2,10,12)/b;11-7+.